The molecule has 8 heteroatoms. The summed E-state index contributed by atoms with van der Waals surface area (Å²) >= 11 is 1.39. The summed E-state index contributed by atoms with van der Waals surface area (Å²) in [7, 11) is 0. The summed E-state index contributed by atoms with van der Waals surface area (Å²) in [6.07, 6.45) is 0. The molecular weight excluding hydrogens is 352 g/mol. The number of morpholine rings is 1. The van der Waals surface area contributed by atoms with Gasteiger partial charge in [0.2, 0.25) is 5.89 Å². The number of ether oxygens (including phenoxy) is 1. The maximum absolute atomic E-state index is 12.6. The predicted molar refractivity (Wildman–Crippen MR) is 97.4 cm³/mol. The molecule has 1 aliphatic heterocycles. The first-order valence-corrected chi connectivity index (χ1v) is 9.24. The van der Waals surface area contributed by atoms with Gasteiger partial charge in [0.05, 0.1) is 18.1 Å². The summed E-state index contributed by atoms with van der Waals surface area (Å²) in [6, 6.07) is 13.2. The summed E-state index contributed by atoms with van der Waals surface area (Å²) < 4.78 is 11.2. The van der Waals surface area contributed by atoms with Crippen LogP contribution >= 0.6 is 11.3 Å². The SMILES string of the molecule is O=C(NC(c1ccccc1)c1nnc(N2CCOCC2)o1)c1cccs1. The molecule has 1 atom stereocenters. The number of hydrogen-bond acceptors (Lipinski definition) is 7. The second-order valence-corrected chi connectivity index (χ2v) is 6.76. The molecule has 0 spiro atoms. The van der Waals surface area contributed by atoms with Crippen molar-refractivity contribution in [1.29, 1.82) is 0 Å². The van der Waals surface area contributed by atoms with Gasteiger partial charge in [-0.2, -0.15) is 0 Å². The zero-order chi connectivity index (χ0) is 17.8. The van der Waals surface area contributed by atoms with Gasteiger partial charge in [0.1, 0.15) is 6.04 Å². The molecule has 1 aliphatic rings. The molecule has 134 valence electrons. The maximum Gasteiger partial charge on any atom is 0.318 e. The molecule has 1 fully saturated rings. The lowest BCUT2D eigenvalue weighted by atomic mass is 10.1. The number of nitrogens with zero attached hydrogens (tertiary/aromatic N) is 3. The Morgan fingerprint density at radius 1 is 1.12 bits per heavy atom. The Kier molecular flexibility index (Phi) is 4.94. The fourth-order valence-corrected chi connectivity index (χ4v) is 3.40. The van der Waals surface area contributed by atoms with E-state index in [4.69, 9.17) is 9.15 Å². The number of nitrogens with one attached hydrogen (secondary N) is 1. The van der Waals surface area contributed by atoms with Gasteiger partial charge in [-0.15, -0.1) is 16.4 Å². The molecule has 2 aromatic heterocycles. The Balaban J connectivity index is 1.60. The van der Waals surface area contributed by atoms with Gasteiger partial charge in [-0.3, -0.25) is 4.79 Å². The van der Waals surface area contributed by atoms with Crippen LogP contribution in [0.15, 0.2) is 52.3 Å². The fourth-order valence-electron chi connectivity index (χ4n) is 2.77. The summed E-state index contributed by atoms with van der Waals surface area (Å²) in [5, 5.41) is 13.2. The van der Waals surface area contributed by atoms with Gasteiger partial charge in [-0.05, 0) is 17.0 Å². The average molecular weight is 370 g/mol. The number of hydrogen-bond donors (Lipinski definition) is 1. The zero-order valence-corrected chi connectivity index (χ0v) is 14.8. The van der Waals surface area contributed by atoms with Crippen molar-refractivity contribution < 1.29 is 13.9 Å². The highest BCUT2D eigenvalue weighted by atomic mass is 32.1. The van der Waals surface area contributed by atoms with Crippen molar-refractivity contribution in [3.63, 3.8) is 0 Å². The van der Waals surface area contributed by atoms with E-state index < -0.39 is 6.04 Å². The van der Waals surface area contributed by atoms with Crippen molar-refractivity contribution in [3.8, 4) is 0 Å². The third-order valence-electron chi connectivity index (χ3n) is 4.11. The molecule has 1 unspecified atom stereocenters. The highest BCUT2D eigenvalue weighted by Crippen LogP contribution is 2.25. The molecule has 1 N–H and O–H groups in total. The molecule has 0 radical (unpaired) electrons. The van der Waals surface area contributed by atoms with Crippen LogP contribution in [-0.2, 0) is 4.74 Å². The van der Waals surface area contributed by atoms with Gasteiger partial charge in [0, 0.05) is 13.1 Å². The van der Waals surface area contributed by atoms with Gasteiger partial charge >= 0.3 is 6.01 Å². The smallest absolute Gasteiger partial charge is 0.318 e. The van der Waals surface area contributed by atoms with Crippen LogP contribution < -0.4 is 10.2 Å². The molecular formula is C18H18N4O3S. The van der Waals surface area contributed by atoms with Crippen LogP contribution in [0.25, 0.3) is 0 Å². The molecule has 3 heterocycles. The minimum Gasteiger partial charge on any atom is -0.405 e. The van der Waals surface area contributed by atoms with Crippen LogP contribution in [0.2, 0.25) is 0 Å². The van der Waals surface area contributed by atoms with Gasteiger partial charge in [-0.1, -0.05) is 41.5 Å². The van der Waals surface area contributed by atoms with E-state index >= 15 is 0 Å². The number of rotatable bonds is 5. The summed E-state index contributed by atoms with van der Waals surface area (Å²) in [6.45, 7) is 2.68. The van der Waals surface area contributed by atoms with Crippen LogP contribution in [0.4, 0.5) is 6.01 Å². The van der Waals surface area contributed by atoms with Crippen LogP contribution in [0.3, 0.4) is 0 Å². The first-order valence-electron chi connectivity index (χ1n) is 8.36. The van der Waals surface area contributed by atoms with Crippen LogP contribution in [0.1, 0.15) is 27.2 Å². The molecule has 26 heavy (non-hydrogen) atoms. The van der Waals surface area contributed by atoms with Crippen molar-refractivity contribution in [2.24, 2.45) is 0 Å². The monoisotopic (exact) mass is 370 g/mol. The number of amides is 1. The standard InChI is InChI=1S/C18H18N4O3S/c23-16(14-7-4-12-26-14)19-15(13-5-2-1-3-6-13)17-20-21-18(25-17)22-8-10-24-11-9-22/h1-7,12,15H,8-11H2,(H,19,23). The zero-order valence-electron chi connectivity index (χ0n) is 14.0. The van der Waals surface area contributed by atoms with Crippen LogP contribution in [-0.4, -0.2) is 42.4 Å². The Hall–Kier alpha value is -2.71. The van der Waals surface area contributed by atoms with E-state index in [1.165, 1.54) is 11.3 Å². The minimum atomic E-state index is -0.506. The normalized spacial score (nSPS) is 15.6. The number of carbonyl (C=O) groups is 1. The van der Waals surface area contributed by atoms with E-state index in [1.54, 1.807) is 6.07 Å². The quantitative estimate of drug-likeness (QED) is 0.743. The van der Waals surface area contributed by atoms with Crippen molar-refractivity contribution >= 4 is 23.3 Å². The third-order valence-corrected chi connectivity index (χ3v) is 4.98. The first-order chi connectivity index (χ1) is 12.8. The lowest BCUT2D eigenvalue weighted by Crippen LogP contribution is -2.36. The second kappa shape index (κ2) is 7.67. The Morgan fingerprint density at radius 3 is 2.65 bits per heavy atom. The maximum atomic E-state index is 12.6. The van der Waals surface area contributed by atoms with Gasteiger partial charge in [0.25, 0.3) is 5.91 Å². The predicted octanol–water partition coefficient (Wildman–Crippen LogP) is 2.49. The second-order valence-electron chi connectivity index (χ2n) is 5.82. The topological polar surface area (TPSA) is 80.5 Å². The highest BCUT2D eigenvalue weighted by molar-refractivity contribution is 7.12. The molecule has 0 saturated carbocycles. The summed E-state index contributed by atoms with van der Waals surface area (Å²) in [4.78, 5) is 15.2. The molecule has 1 aromatic carbocycles. The number of carbonyl (C=O) groups excluding carboxylic acids is 1. The van der Waals surface area contributed by atoms with E-state index in [9.17, 15) is 4.79 Å². The van der Waals surface area contributed by atoms with Gasteiger partial charge < -0.3 is 19.4 Å². The van der Waals surface area contributed by atoms with Gasteiger partial charge in [0.15, 0.2) is 0 Å². The Labute approximate surface area is 154 Å². The highest BCUT2D eigenvalue weighted by Gasteiger charge is 2.25. The molecule has 0 bridgehead atoms. The first kappa shape index (κ1) is 16.7. The number of anilines is 1. The van der Waals surface area contributed by atoms with Crippen molar-refractivity contribution in [3.05, 3.63) is 64.2 Å². The Morgan fingerprint density at radius 2 is 1.92 bits per heavy atom. The minimum absolute atomic E-state index is 0.167. The number of benzene rings is 1. The molecule has 7 nitrogen and oxygen atoms in total. The van der Waals surface area contributed by atoms with Crippen molar-refractivity contribution in [2.75, 3.05) is 31.2 Å². The third kappa shape index (κ3) is 3.61. The molecule has 4 rings (SSSR count). The van der Waals surface area contributed by atoms with E-state index in [2.05, 4.69) is 15.5 Å². The molecule has 1 amide bonds. The molecule has 1 saturated heterocycles. The largest absolute Gasteiger partial charge is 0.405 e. The average Bonchev–Trinajstić information content (AvgIpc) is 3.39. The molecule has 3 aromatic rings. The lowest BCUT2D eigenvalue weighted by molar-refractivity contribution is 0.0942. The van der Waals surface area contributed by atoms with Crippen LogP contribution in [0.5, 0.6) is 0 Å². The van der Waals surface area contributed by atoms with E-state index in [-0.39, 0.29) is 5.91 Å². The molecule has 0 aliphatic carbocycles. The lowest BCUT2D eigenvalue weighted by Gasteiger charge is -2.24. The van der Waals surface area contributed by atoms with Crippen molar-refractivity contribution in [2.45, 2.75) is 6.04 Å². The van der Waals surface area contributed by atoms with E-state index in [0.29, 0.717) is 43.1 Å². The van der Waals surface area contributed by atoms with Crippen molar-refractivity contribution in [1.82, 2.24) is 15.5 Å². The van der Waals surface area contributed by atoms with E-state index in [0.717, 1.165) is 5.56 Å². The Bertz CT molecular complexity index is 844. The number of aromatic nitrogens is 2. The summed E-state index contributed by atoms with van der Waals surface area (Å²) in [5.74, 6) is 0.197. The van der Waals surface area contributed by atoms with Crippen LogP contribution in [0, 0.1) is 0 Å². The van der Waals surface area contributed by atoms with Gasteiger partial charge in [-0.25, -0.2) is 0 Å². The number of thiophene rings is 1. The fraction of sp³-hybridized carbons (Fsp3) is 0.278. The van der Waals surface area contributed by atoms with E-state index in [1.807, 2.05) is 46.7 Å². The summed E-state index contributed by atoms with van der Waals surface area (Å²) in [5.41, 5.74) is 0.884.